The first-order valence-corrected chi connectivity index (χ1v) is 13.0. The van der Waals surface area contributed by atoms with Crippen LogP contribution in [0.15, 0.2) is 70.5 Å². The molecule has 0 fully saturated rings. The zero-order valence-corrected chi connectivity index (χ0v) is 22.9. The van der Waals surface area contributed by atoms with Crippen molar-refractivity contribution in [1.82, 2.24) is 0 Å². The van der Waals surface area contributed by atoms with Crippen molar-refractivity contribution < 1.29 is 52.1 Å². The van der Waals surface area contributed by atoms with Gasteiger partial charge in [-0.15, -0.1) is 0 Å². The van der Waals surface area contributed by atoms with Gasteiger partial charge in [0.2, 0.25) is 0 Å². The Morgan fingerprint density at radius 3 is 1.09 bits per heavy atom. The van der Waals surface area contributed by atoms with Crippen LogP contribution in [-0.2, 0) is 46.4 Å². The number of aryl methyl sites for hydroxylation is 2. The molecule has 0 heterocycles. The van der Waals surface area contributed by atoms with Gasteiger partial charge in [-0.05, 0) is 38.1 Å². The third-order valence-corrected chi connectivity index (χ3v) is 5.95. The predicted octanol–water partition coefficient (Wildman–Crippen LogP) is 4.86. The van der Waals surface area contributed by atoms with E-state index in [1.165, 1.54) is 62.8 Å². The average Bonchev–Trinajstić information content (AvgIpc) is 3.47. The number of rotatable bonds is 2. The van der Waals surface area contributed by atoms with Crippen LogP contribution in [0.4, 0.5) is 0 Å². The molecule has 0 saturated carbocycles. The smallest absolute Gasteiger partial charge is 0.744 e. The number of hydrogen-bond donors (Lipinski definition) is 0. The second-order valence-electron chi connectivity index (χ2n) is 7.14. The van der Waals surface area contributed by atoms with Gasteiger partial charge in [0, 0.05) is 0 Å². The Labute approximate surface area is 217 Å². The van der Waals surface area contributed by atoms with E-state index in [1.807, 2.05) is 13.8 Å². The molecule has 6 nitrogen and oxygen atoms in total. The number of hydrogen-bond acceptors (Lipinski definition) is 6. The minimum Gasteiger partial charge on any atom is -0.744 e. The van der Waals surface area contributed by atoms with E-state index in [4.69, 9.17) is 0 Å². The Bertz CT molecular complexity index is 971. The van der Waals surface area contributed by atoms with Gasteiger partial charge in [0.25, 0.3) is 0 Å². The molecule has 0 saturated heterocycles. The van der Waals surface area contributed by atoms with Crippen molar-refractivity contribution in [3.05, 3.63) is 84.0 Å². The van der Waals surface area contributed by atoms with Crippen molar-refractivity contribution in [3.8, 4) is 0 Å². The van der Waals surface area contributed by atoms with Crippen LogP contribution >= 0.6 is 0 Å². The Balaban J connectivity index is 0.000000434. The molecule has 2 aliphatic rings. The number of allylic oxidation sites excluding steroid dienone is 4. The summed E-state index contributed by atoms with van der Waals surface area (Å²) in [4.78, 5) is -0.355. The van der Waals surface area contributed by atoms with Gasteiger partial charge in [-0.2, -0.15) is 12.8 Å². The largest absolute Gasteiger partial charge is 4.00 e. The molecule has 0 amide bonds. The van der Waals surface area contributed by atoms with Gasteiger partial charge < -0.3 is 21.3 Å². The third kappa shape index (κ3) is 15.2. The maximum atomic E-state index is 10.4. The van der Waals surface area contributed by atoms with Crippen LogP contribution in [0.25, 0.3) is 0 Å². The summed E-state index contributed by atoms with van der Waals surface area (Å²) in [5, 5.41) is 0. The zero-order chi connectivity index (χ0) is 24.0. The van der Waals surface area contributed by atoms with Crippen LogP contribution in [0, 0.1) is 26.0 Å². The van der Waals surface area contributed by atoms with Gasteiger partial charge in [-0.25, -0.2) is 16.8 Å². The van der Waals surface area contributed by atoms with Crippen molar-refractivity contribution >= 4 is 20.2 Å². The molecule has 0 radical (unpaired) electrons. The fraction of sp³-hybridized carbons (Fsp3) is 0.333. The Morgan fingerprint density at radius 1 is 0.636 bits per heavy atom. The normalized spacial score (nSPS) is 13.9. The van der Waals surface area contributed by atoms with Gasteiger partial charge in [-0.3, -0.25) is 12.2 Å². The molecule has 0 N–H and O–H groups in total. The van der Waals surface area contributed by atoms with Crippen LogP contribution in [-0.4, -0.2) is 25.9 Å². The second-order valence-corrected chi connectivity index (χ2v) is 9.89. The molecule has 9 heteroatoms. The topological polar surface area (TPSA) is 114 Å². The molecule has 0 aromatic heterocycles. The van der Waals surface area contributed by atoms with E-state index in [-0.39, 0.29) is 36.0 Å². The van der Waals surface area contributed by atoms with Gasteiger partial charge in [0.15, 0.2) is 0 Å². The Hall–Kier alpha value is -1.38. The van der Waals surface area contributed by atoms with Crippen LogP contribution in [0.2, 0.25) is 0 Å². The van der Waals surface area contributed by atoms with Crippen LogP contribution < -0.4 is 0 Å². The first-order chi connectivity index (χ1) is 15.0. The molecule has 176 valence electrons. The summed E-state index contributed by atoms with van der Waals surface area (Å²) in [6.45, 7) is 3.64. The molecule has 2 aliphatic carbocycles. The van der Waals surface area contributed by atoms with Crippen LogP contribution in [0.3, 0.4) is 0 Å². The van der Waals surface area contributed by atoms with Gasteiger partial charge in [-0.1, -0.05) is 61.1 Å². The Kier molecular flexibility index (Phi) is 15.6. The average molecular weight is 568 g/mol. The summed E-state index contributed by atoms with van der Waals surface area (Å²) < 4.78 is 62.3. The molecular formula is C24H28O6S2Zr. The quantitative estimate of drug-likeness (QED) is 0.378. The van der Waals surface area contributed by atoms with Crippen molar-refractivity contribution in [2.75, 3.05) is 0 Å². The molecule has 0 unspecified atom stereocenters. The Morgan fingerprint density at radius 2 is 0.939 bits per heavy atom. The number of benzene rings is 2. The summed E-state index contributed by atoms with van der Waals surface area (Å²) in [6.07, 6.45) is 18.0. The molecule has 0 atom stereocenters. The molecule has 2 aromatic rings. The van der Waals surface area contributed by atoms with Crippen molar-refractivity contribution in [3.63, 3.8) is 0 Å². The van der Waals surface area contributed by atoms with Crippen LogP contribution in [0.5, 0.6) is 0 Å². The van der Waals surface area contributed by atoms with E-state index in [2.05, 4.69) is 24.3 Å². The van der Waals surface area contributed by atoms with E-state index < -0.39 is 20.2 Å². The third-order valence-electron chi connectivity index (χ3n) is 4.25. The molecular weight excluding hydrogens is 540 g/mol. The summed E-state index contributed by atoms with van der Waals surface area (Å²) in [5.41, 5.74) is 1.86. The first kappa shape index (κ1) is 31.6. The molecule has 4 rings (SSSR count). The molecule has 2 aromatic carbocycles. The van der Waals surface area contributed by atoms with Crippen molar-refractivity contribution in [1.29, 1.82) is 0 Å². The maximum absolute atomic E-state index is 10.4. The summed E-state index contributed by atoms with van der Waals surface area (Å²) in [6, 6.07) is 11.6. The molecule has 0 bridgehead atoms. The summed E-state index contributed by atoms with van der Waals surface area (Å²) >= 11 is 0. The van der Waals surface area contributed by atoms with Crippen molar-refractivity contribution in [2.24, 2.45) is 0 Å². The van der Waals surface area contributed by atoms with Gasteiger partial charge in [0.1, 0.15) is 20.2 Å². The fourth-order valence-corrected chi connectivity index (χ4v) is 3.37. The monoisotopic (exact) mass is 566 g/mol. The molecule has 0 aliphatic heterocycles. The molecule has 0 spiro atoms. The molecule has 33 heavy (non-hydrogen) atoms. The van der Waals surface area contributed by atoms with E-state index in [0.29, 0.717) is 0 Å². The minimum absolute atomic E-state index is 0. The van der Waals surface area contributed by atoms with E-state index in [9.17, 15) is 25.9 Å². The summed E-state index contributed by atoms with van der Waals surface area (Å²) in [7, 11) is -8.54. The maximum Gasteiger partial charge on any atom is 4.00 e. The van der Waals surface area contributed by atoms with Gasteiger partial charge in [0.05, 0.1) is 9.79 Å². The second kappa shape index (κ2) is 16.3. The SMILES string of the molecule is Cc1ccc(S(=O)(=O)[O-])cc1.Cc1ccc(S(=O)(=O)[O-])cc1.[C-]1=CCCC1.[C-]1=CCCC1.[Zr+4]. The zero-order valence-electron chi connectivity index (χ0n) is 18.8. The summed E-state index contributed by atoms with van der Waals surface area (Å²) in [5.74, 6) is 0. The predicted molar refractivity (Wildman–Crippen MR) is 122 cm³/mol. The minimum atomic E-state index is -4.27. The standard InChI is InChI=1S/2C7H8O3S.2C5H7.Zr/c2*1-6-2-4-7(5-3-6)11(8,9)10;2*1-2-4-5-3-1;/h2*2-5H,1H3,(H,8,9,10);2*1H,2,4-5H2;/q;;2*-1;+4/p-2. The van der Waals surface area contributed by atoms with E-state index in [0.717, 1.165) is 11.1 Å². The van der Waals surface area contributed by atoms with Crippen LogP contribution in [0.1, 0.15) is 49.7 Å². The first-order valence-electron chi connectivity index (χ1n) is 10.2. The van der Waals surface area contributed by atoms with Crippen molar-refractivity contribution in [2.45, 2.75) is 62.2 Å². The van der Waals surface area contributed by atoms with Gasteiger partial charge >= 0.3 is 26.2 Å². The van der Waals surface area contributed by atoms with E-state index >= 15 is 0 Å². The van der Waals surface area contributed by atoms with E-state index in [1.54, 1.807) is 24.3 Å². The fourth-order valence-electron chi connectivity index (χ4n) is 2.43.